The summed E-state index contributed by atoms with van der Waals surface area (Å²) in [5.74, 6) is 0.277. The first-order valence-corrected chi connectivity index (χ1v) is 8.19. The summed E-state index contributed by atoms with van der Waals surface area (Å²) in [6, 6.07) is 7.37. The number of rotatable bonds is 10. The summed E-state index contributed by atoms with van der Waals surface area (Å²) in [6.45, 7) is 3.40. The molecule has 0 aliphatic heterocycles. The van der Waals surface area contributed by atoms with Gasteiger partial charge in [0.1, 0.15) is 0 Å². The average molecular weight is 319 g/mol. The molecule has 0 saturated carbocycles. The number of carbonyl (C=O) groups is 1. The van der Waals surface area contributed by atoms with Gasteiger partial charge in [0.15, 0.2) is 0 Å². The van der Waals surface area contributed by atoms with Crippen molar-refractivity contribution in [2.45, 2.75) is 32.3 Å². The standard InChI is InChI=1S/C18H29N3O2/c1-3-14(9-11-21-18(23)8-5-10-20-2)12-17(22)15-6-4-7-16(19)13-15/h4-8,13-14,17,20,22H,3,9-12,19H2,1-2H3,(H,21,23)/b8-5+. The first-order valence-electron chi connectivity index (χ1n) is 8.19. The lowest BCUT2D eigenvalue weighted by molar-refractivity contribution is -0.116. The van der Waals surface area contributed by atoms with Crippen molar-refractivity contribution in [1.29, 1.82) is 0 Å². The lowest BCUT2D eigenvalue weighted by atomic mass is 9.92. The van der Waals surface area contributed by atoms with Gasteiger partial charge >= 0.3 is 0 Å². The number of nitrogens with two attached hydrogens (primary N) is 1. The molecule has 0 bridgehead atoms. The highest BCUT2D eigenvalue weighted by atomic mass is 16.3. The van der Waals surface area contributed by atoms with Crippen LogP contribution in [0.3, 0.4) is 0 Å². The normalized spacial score (nSPS) is 13.9. The summed E-state index contributed by atoms with van der Waals surface area (Å²) in [6.07, 6.45) is 5.29. The van der Waals surface area contributed by atoms with E-state index in [2.05, 4.69) is 17.6 Å². The minimum Gasteiger partial charge on any atom is -0.399 e. The Morgan fingerprint density at radius 2 is 2.22 bits per heavy atom. The van der Waals surface area contributed by atoms with Crippen LogP contribution in [0.15, 0.2) is 36.4 Å². The maximum absolute atomic E-state index is 11.6. The van der Waals surface area contributed by atoms with Gasteiger partial charge in [-0.2, -0.15) is 0 Å². The largest absolute Gasteiger partial charge is 0.399 e. The van der Waals surface area contributed by atoms with Gasteiger partial charge in [-0.05, 0) is 43.5 Å². The molecular weight excluding hydrogens is 290 g/mol. The van der Waals surface area contributed by atoms with Crippen molar-refractivity contribution in [3.63, 3.8) is 0 Å². The zero-order valence-electron chi connectivity index (χ0n) is 14.1. The molecule has 0 radical (unpaired) electrons. The summed E-state index contributed by atoms with van der Waals surface area (Å²) in [7, 11) is 1.83. The van der Waals surface area contributed by atoms with Gasteiger partial charge < -0.3 is 21.5 Å². The van der Waals surface area contributed by atoms with Gasteiger partial charge in [-0.25, -0.2) is 0 Å². The number of hydrogen-bond donors (Lipinski definition) is 4. The number of likely N-dealkylation sites (N-methyl/N-ethyl adjacent to an activating group) is 1. The number of amides is 1. The smallest absolute Gasteiger partial charge is 0.243 e. The number of carbonyl (C=O) groups excluding carboxylic acids is 1. The van der Waals surface area contributed by atoms with Gasteiger partial charge in [-0.3, -0.25) is 4.79 Å². The zero-order valence-corrected chi connectivity index (χ0v) is 14.1. The van der Waals surface area contributed by atoms with Crippen LogP contribution >= 0.6 is 0 Å². The van der Waals surface area contributed by atoms with Crippen molar-refractivity contribution in [3.8, 4) is 0 Å². The van der Waals surface area contributed by atoms with E-state index in [-0.39, 0.29) is 5.91 Å². The molecule has 5 nitrogen and oxygen atoms in total. The van der Waals surface area contributed by atoms with E-state index in [0.717, 1.165) is 18.4 Å². The molecule has 1 aromatic carbocycles. The Bertz CT molecular complexity index is 503. The topological polar surface area (TPSA) is 87.4 Å². The minimum atomic E-state index is -0.519. The van der Waals surface area contributed by atoms with E-state index in [1.165, 1.54) is 0 Å². The first kappa shape index (κ1) is 19.2. The second kappa shape index (κ2) is 10.8. The SMILES string of the molecule is CCC(CCNC(=O)/C=C/CNC)CC(O)c1cccc(N)c1. The van der Waals surface area contributed by atoms with Crippen molar-refractivity contribution >= 4 is 11.6 Å². The van der Waals surface area contributed by atoms with Crippen LogP contribution in [-0.4, -0.2) is 31.2 Å². The number of nitrogens with one attached hydrogen (secondary N) is 2. The maximum Gasteiger partial charge on any atom is 0.243 e. The first-order chi connectivity index (χ1) is 11.1. The van der Waals surface area contributed by atoms with Crippen LogP contribution in [0.2, 0.25) is 0 Å². The predicted molar refractivity (Wildman–Crippen MR) is 94.9 cm³/mol. The highest BCUT2D eigenvalue weighted by Crippen LogP contribution is 2.26. The molecule has 1 rings (SSSR count). The van der Waals surface area contributed by atoms with Crippen LogP contribution in [-0.2, 0) is 4.79 Å². The monoisotopic (exact) mass is 319 g/mol. The molecule has 0 aromatic heterocycles. The Hall–Kier alpha value is -1.85. The fourth-order valence-electron chi connectivity index (χ4n) is 2.45. The molecule has 0 fully saturated rings. The molecular formula is C18H29N3O2. The van der Waals surface area contributed by atoms with Crippen LogP contribution in [0.25, 0.3) is 0 Å². The van der Waals surface area contributed by atoms with E-state index < -0.39 is 6.10 Å². The Labute approximate surface area is 139 Å². The average Bonchev–Trinajstić information content (AvgIpc) is 2.54. The minimum absolute atomic E-state index is 0.0773. The molecule has 0 aliphatic rings. The summed E-state index contributed by atoms with van der Waals surface area (Å²) in [5, 5.41) is 16.2. The third kappa shape index (κ3) is 7.81. The Kier molecular flexibility index (Phi) is 9.02. The van der Waals surface area contributed by atoms with Crippen molar-refractivity contribution < 1.29 is 9.90 Å². The van der Waals surface area contributed by atoms with Crippen molar-refractivity contribution in [1.82, 2.24) is 10.6 Å². The molecule has 5 N–H and O–H groups in total. The molecule has 0 aliphatic carbocycles. The predicted octanol–water partition coefficient (Wildman–Crippen LogP) is 2.00. The number of aliphatic hydroxyl groups is 1. The summed E-state index contributed by atoms with van der Waals surface area (Å²) >= 11 is 0. The van der Waals surface area contributed by atoms with E-state index in [9.17, 15) is 9.90 Å². The highest BCUT2D eigenvalue weighted by Gasteiger charge is 2.15. The molecule has 0 heterocycles. The molecule has 1 aromatic rings. The van der Waals surface area contributed by atoms with Crippen molar-refractivity contribution in [3.05, 3.63) is 42.0 Å². The second-order valence-corrected chi connectivity index (χ2v) is 5.74. The number of benzene rings is 1. The van der Waals surface area contributed by atoms with Gasteiger partial charge in [0, 0.05) is 24.9 Å². The molecule has 23 heavy (non-hydrogen) atoms. The Balaban J connectivity index is 2.38. The van der Waals surface area contributed by atoms with E-state index in [0.29, 0.717) is 31.1 Å². The second-order valence-electron chi connectivity index (χ2n) is 5.74. The number of nitrogen functional groups attached to an aromatic ring is 1. The van der Waals surface area contributed by atoms with Gasteiger partial charge in [0.2, 0.25) is 5.91 Å². The van der Waals surface area contributed by atoms with Gasteiger partial charge in [0.05, 0.1) is 6.10 Å². The molecule has 5 heteroatoms. The van der Waals surface area contributed by atoms with Crippen LogP contribution in [0.5, 0.6) is 0 Å². The fourth-order valence-corrected chi connectivity index (χ4v) is 2.45. The lowest BCUT2D eigenvalue weighted by Crippen LogP contribution is -2.24. The van der Waals surface area contributed by atoms with Gasteiger partial charge in [-0.1, -0.05) is 31.6 Å². The molecule has 2 unspecified atom stereocenters. The fraction of sp³-hybridized carbons (Fsp3) is 0.500. The molecule has 128 valence electrons. The van der Waals surface area contributed by atoms with E-state index >= 15 is 0 Å². The van der Waals surface area contributed by atoms with Crippen LogP contribution < -0.4 is 16.4 Å². The third-order valence-corrected chi connectivity index (χ3v) is 3.87. The van der Waals surface area contributed by atoms with Gasteiger partial charge in [-0.15, -0.1) is 0 Å². The summed E-state index contributed by atoms with van der Waals surface area (Å²) in [5.41, 5.74) is 7.27. The van der Waals surface area contributed by atoms with E-state index in [1.54, 1.807) is 12.2 Å². The van der Waals surface area contributed by atoms with Crippen molar-refractivity contribution in [2.75, 3.05) is 25.9 Å². The summed E-state index contributed by atoms with van der Waals surface area (Å²) in [4.78, 5) is 11.6. The van der Waals surface area contributed by atoms with Gasteiger partial charge in [0.25, 0.3) is 0 Å². The van der Waals surface area contributed by atoms with E-state index in [1.807, 2.05) is 31.3 Å². The molecule has 1 amide bonds. The molecule has 0 saturated heterocycles. The number of anilines is 1. The lowest BCUT2D eigenvalue weighted by Gasteiger charge is -2.19. The van der Waals surface area contributed by atoms with Crippen LogP contribution in [0, 0.1) is 5.92 Å². The van der Waals surface area contributed by atoms with E-state index in [4.69, 9.17) is 5.73 Å². The number of aliphatic hydroxyl groups excluding tert-OH is 1. The van der Waals surface area contributed by atoms with Crippen LogP contribution in [0.1, 0.15) is 37.9 Å². The zero-order chi connectivity index (χ0) is 17.1. The third-order valence-electron chi connectivity index (χ3n) is 3.87. The molecule has 0 spiro atoms. The Morgan fingerprint density at radius 3 is 2.87 bits per heavy atom. The quantitative estimate of drug-likeness (QED) is 0.392. The highest BCUT2D eigenvalue weighted by molar-refractivity contribution is 5.87. The maximum atomic E-state index is 11.6. The van der Waals surface area contributed by atoms with Crippen molar-refractivity contribution in [2.24, 2.45) is 5.92 Å². The number of hydrogen-bond acceptors (Lipinski definition) is 4. The Morgan fingerprint density at radius 1 is 1.43 bits per heavy atom. The molecule has 2 atom stereocenters. The summed E-state index contributed by atoms with van der Waals surface area (Å²) < 4.78 is 0. The van der Waals surface area contributed by atoms with Crippen LogP contribution in [0.4, 0.5) is 5.69 Å².